The van der Waals surface area contributed by atoms with E-state index in [0.29, 0.717) is 17.6 Å². The maximum atomic E-state index is 9.33. The molecule has 0 amide bonds. The van der Waals surface area contributed by atoms with Crippen molar-refractivity contribution in [2.75, 3.05) is 30.4 Å². The fraction of sp³-hybridized carbons (Fsp3) is 0.542. The molecule has 1 atom stereocenters. The average molecular weight is 405 g/mol. The lowest BCUT2D eigenvalue weighted by Crippen LogP contribution is -2.47. The van der Waals surface area contributed by atoms with Crippen molar-refractivity contribution in [3.8, 4) is 6.07 Å². The zero-order valence-corrected chi connectivity index (χ0v) is 18.4. The Morgan fingerprint density at radius 2 is 2.03 bits per heavy atom. The Morgan fingerprint density at radius 3 is 2.77 bits per heavy atom. The molecule has 0 radical (unpaired) electrons. The summed E-state index contributed by atoms with van der Waals surface area (Å²) in [6.45, 7) is 6.19. The van der Waals surface area contributed by atoms with Crippen molar-refractivity contribution in [1.29, 1.82) is 5.26 Å². The van der Waals surface area contributed by atoms with Gasteiger partial charge in [-0.3, -0.25) is 4.90 Å². The summed E-state index contributed by atoms with van der Waals surface area (Å²) >= 11 is 0. The van der Waals surface area contributed by atoms with Crippen LogP contribution in [0, 0.1) is 18.3 Å². The minimum absolute atomic E-state index is 0.600. The lowest BCUT2D eigenvalue weighted by atomic mass is 10.0. The first-order valence-electron chi connectivity index (χ1n) is 11.2. The molecule has 1 saturated carbocycles. The molecule has 0 spiro atoms. The molecule has 2 aromatic rings. The molecule has 0 unspecified atom stereocenters. The Bertz CT molecular complexity index is 930. The second-order valence-electron chi connectivity index (χ2n) is 8.70. The lowest BCUT2D eigenvalue weighted by molar-refractivity contribution is 0.206. The van der Waals surface area contributed by atoms with Crippen molar-refractivity contribution in [2.24, 2.45) is 0 Å². The highest BCUT2D eigenvalue weighted by Crippen LogP contribution is 2.31. The summed E-state index contributed by atoms with van der Waals surface area (Å²) in [5.74, 6) is 1.62. The Kier molecular flexibility index (Phi) is 6.19. The van der Waals surface area contributed by atoms with E-state index in [1.54, 1.807) is 0 Å². The molecule has 1 saturated heterocycles. The van der Waals surface area contributed by atoms with Crippen molar-refractivity contribution in [3.05, 3.63) is 41.1 Å². The van der Waals surface area contributed by atoms with E-state index < -0.39 is 0 Å². The van der Waals surface area contributed by atoms with Gasteiger partial charge in [-0.25, -0.2) is 4.98 Å². The molecular weight excluding hydrogens is 372 g/mol. The minimum Gasteiger partial charge on any atom is -0.355 e. The molecular formula is C24H32N6. The van der Waals surface area contributed by atoms with Crippen molar-refractivity contribution in [1.82, 2.24) is 14.9 Å². The molecule has 158 valence electrons. The van der Waals surface area contributed by atoms with Gasteiger partial charge in [0.05, 0.1) is 11.6 Å². The molecule has 2 aliphatic rings. The van der Waals surface area contributed by atoms with E-state index in [-0.39, 0.29) is 0 Å². The first kappa shape index (κ1) is 20.6. The Balaban J connectivity index is 1.57. The van der Waals surface area contributed by atoms with E-state index >= 15 is 0 Å². The maximum Gasteiger partial charge on any atom is 0.229 e. The van der Waals surface area contributed by atoms with Crippen LogP contribution in [0.4, 0.5) is 17.5 Å². The van der Waals surface area contributed by atoms with Gasteiger partial charge in [-0.05, 0) is 63.8 Å². The van der Waals surface area contributed by atoms with E-state index in [4.69, 9.17) is 9.97 Å². The number of benzene rings is 1. The SMILES string of the molecule is CCCc1cc(N2CCC[C@@H](N(C)C3CC3)C2)nc(Nc2ccc(C)c(C#N)c2)n1. The minimum atomic E-state index is 0.600. The number of rotatable bonds is 7. The van der Waals surface area contributed by atoms with Crippen LogP contribution in [-0.4, -0.2) is 47.1 Å². The maximum absolute atomic E-state index is 9.33. The first-order valence-corrected chi connectivity index (χ1v) is 11.2. The van der Waals surface area contributed by atoms with Gasteiger partial charge in [0.2, 0.25) is 5.95 Å². The molecule has 2 heterocycles. The van der Waals surface area contributed by atoms with Crippen LogP contribution in [0.1, 0.15) is 55.8 Å². The summed E-state index contributed by atoms with van der Waals surface area (Å²) in [5, 5.41) is 12.7. The molecule has 1 aromatic carbocycles. The van der Waals surface area contributed by atoms with Gasteiger partial charge < -0.3 is 10.2 Å². The molecule has 1 N–H and O–H groups in total. The quantitative estimate of drug-likeness (QED) is 0.737. The number of piperidine rings is 1. The number of nitrogens with zero attached hydrogens (tertiary/aromatic N) is 5. The van der Waals surface area contributed by atoms with E-state index in [9.17, 15) is 5.26 Å². The number of aryl methyl sites for hydroxylation is 2. The fourth-order valence-electron chi connectivity index (χ4n) is 4.31. The Morgan fingerprint density at radius 1 is 1.20 bits per heavy atom. The van der Waals surface area contributed by atoms with E-state index in [1.165, 1.54) is 25.7 Å². The number of nitriles is 1. The van der Waals surface area contributed by atoms with Gasteiger partial charge in [-0.15, -0.1) is 0 Å². The second kappa shape index (κ2) is 9.01. The topological polar surface area (TPSA) is 68.1 Å². The summed E-state index contributed by atoms with van der Waals surface area (Å²) in [4.78, 5) is 14.6. The third kappa shape index (κ3) is 4.73. The molecule has 2 fully saturated rings. The van der Waals surface area contributed by atoms with Crippen LogP contribution in [0.3, 0.4) is 0 Å². The molecule has 4 rings (SSSR count). The number of hydrogen-bond donors (Lipinski definition) is 1. The van der Waals surface area contributed by atoms with Crippen molar-refractivity contribution in [2.45, 2.75) is 64.5 Å². The number of anilines is 3. The first-order chi connectivity index (χ1) is 14.6. The summed E-state index contributed by atoms with van der Waals surface area (Å²) in [6.07, 6.45) is 7.13. The monoisotopic (exact) mass is 404 g/mol. The van der Waals surface area contributed by atoms with E-state index in [2.05, 4.69) is 41.2 Å². The van der Waals surface area contributed by atoms with Crippen LogP contribution in [0.2, 0.25) is 0 Å². The third-order valence-electron chi connectivity index (χ3n) is 6.31. The predicted octanol–water partition coefficient (Wildman–Crippen LogP) is 4.42. The van der Waals surface area contributed by atoms with Gasteiger partial charge in [0.1, 0.15) is 5.82 Å². The van der Waals surface area contributed by atoms with Crippen LogP contribution < -0.4 is 10.2 Å². The van der Waals surface area contributed by atoms with Crippen molar-refractivity contribution < 1.29 is 0 Å². The van der Waals surface area contributed by atoms with Crippen molar-refractivity contribution in [3.63, 3.8) is 0 Å². The molecule has 0 bridgehead atoms. The van der Waals surface area contributed by atoms with Gasteiger partial charge in [0.15, 0.2) is 0 Å². The number of hydrogen-bond acceptors (Lipinski definition) is 6. The van der Waals surface area contributed by atoms with Crippen LogP contribution in [-0.2, 0) is 6.42 Å². The van der Waals surface area contributed by atoms with Crippen LogP contribution in [0.15, 0.2) is 24.3 Å². The normalized spacial score (nSPS) is 19.0. The highest BCUT2D eigenvalue weighted by molar-refractivity contribution is 5.59. The van der Waals surface area contributed by atoms with Crippen molar-refractivity contribution >= 4 is 17.5 Å². The summed E-state index contributed by atoms with van der Waals surface area (Å²) in [6, 6.07) is 11.6. The lowest BCUT2D eigenvalue weighted by Gasteiger charge is -2.38. The predicted molar refractivity (Wildman–Crippen MR) is 121 cm³/mol. The standard InChI is InChI=1S/C24H32N6/c1-4-6-19-14-23(30-12-5-7-22(16-30)29(3)21-10-11-21)28-24(26-19)27-20-9-8-17(2)18(13-20)15-25/h8-9,13-14,21-22H,4-7,10-12,16H2,1-3H3,(H,26,27,28)/t22-/m1/s1. The molecule has 6 heteroatoms. The molecule has 1 aromatic heterocycles. The highest BCUT2D eigenvalue weighted by atomic mass is 15.3. The fourth-order valence-corrected chi connectivity index (χ4v) is 4.31. The summed E-state index contributed by atoms with van der Waals surface area (Å²) < 4.78 is 0. The number of nitrogens with one attached hydrogen (secondary N) is 1. The zero-order chi connectivity index (χ0) is 21.1. The van der Waals surface area contributed by atoms with E-state index in [0.717, 1.165) is 54.7 Å². The Hall–Kier alpha value is -2.65. The second-order valence-corrected chi connectivity index (χ2v) is 8.70. The van der Waals surface area contributed by atoms with Crippen LogP contribution >= 0.6 is 0 Å². The largest absolute Gasteiger partial charge is 0.355 e. The summed E-state index contributed by atoms with van der Waals surface area (Å²) in [7, 11) is 2.28. The molecule has 1 aliphatic heterocycles. The number of likely N-dealkylation sites (N-methyl/N-ethyl adjacent to an activating group) is 1. The van der Waals surface area contributed by atoms with Gasteiger partial charge >= 0.3 is 0 Å². The third-order valence-corrected chi connectivity index (χ3v) is 6.31. The smallest absolute Gasteiger partial charge is 0.229 e. The van der Waals surface area contributed by atoms with Crippen LogP contribution in [0.25, 0.3) is 0 Å². The average Bonchev–Trinajstić information content (AvgIpc) is 3.60. The van der Waals surface area contributed by atoms with Gasteiger partial charge in [0.25, 0.3) is 0 Å². The van der Waals surface area contributed by atoms with Gasteiger partial charge in [-0.2, -0.15) is 10.2 Å². The zero-order valence-electron chi connectivity index (χ0n) is 18.4. The molecule has 1 aliphatic carbocycles. The summed E-state index contributed by atoms with van der Waals surface area (Å²) in [5.41, 5.74) is 3.56. The van der Waals surface area contributed by atoms with Gasteiger partial charge in [0, 0.05) is 42.6 Å². The highest BCUT2D eigenvalue weighted by Gasteiger charge is 2.33. The van der Waals surface area contributed by atoms with Gasteiger partial charge in [-0.1, -0.05) is 19.4 Å². The van der Waals surface area contributed by atoms with Crippen LogP contribution in [0.5, 0.6) is 0 Å². The molecule has 6 nitrogen and oxygen atoms in total. The van der Waals surface area contributed by atoms with E-state index in [1.807, 2.05) is 25.1 Å². The Labute approximate surface area is 179 Å². The molecule has 30 heavy (non-hydrogen) atoms. The number of aromatic nitrogens is 2.